The highest BCUT2D eigenvalue weighted by atomic mass is 32.1. The third kappa shape index (κ3) is 2.90. The zero-order chi connectivity index (χ0) is 14.8. The van der Waals surface area contributed by atoms with Crippen molar-refractivity contribution in [2.75, 3.05) is 11.9 Å². The summed E-state index contributed by atoms with van der Waals surface area (Å²) in [7, 11) is 0. The Balaban J connectivity index is 2.04. The number of hydrogen-bond acceptors (Lipinski definition) is 4. The van der Waals surface area contributed by atoms with E-state index in [4.69, 9.17) is 9.97 Å². The van der Waals surface area contributed by atoms with Crippen molar-refractivity contribution >= 4 is 27.4 Å². The van der Waals surface area contributed by atoms with Gasteiger partial charge in [0, 0.05) is 17.8 Å². The van der Waals surface area contributed by atoms with Crippen LogP contribution in [0.5, 0.6) is 0 Å². The van der Waals surface area contributed by atoms with Crippen molar-refractivity contribution in [1.82, 2.24) is 9.97 Å². The molecule has 0 atom stereocenters. The second-order valence-corrected chi connectivity index (χ2v) is 6.43. The van der Waals surface area contributed by atoms with Crippen molar-refractivity contribution in [3.63, 3.8) is 0 Å². The van der Waals surface area contributed by atoms with Crippen LogP contribution in [0.15, 0.2) is 30.3 Å². The molecule has 2 aromatic heterocycles. The Morgan fingerprint density at radius 2 is 1.95 bits per heavy atom. The quantitative estimate of drug-likeness (QED) is 0.779. The van der Waals surface area contributed by atoms with Gasteiger partial charge in [-0.05, 0) is 38.0 Å². The molecule has 0 aliphatic rings. The van der Waals surface area contributed by atoms with Crippen LogP contribution in [0.1, 0.15) is 28.8 Å². The maximum absolute atomic E-state index is 4.74. The molecule has 0 saturated carbocycles. The molecule has 1 aromatic carbocycles. The molecular formula is C17H19N3S. The van der Waals surface area contributed by atoms with Crippen molar-refractivity contribution in [2.24, 2.45) is 0 Å². The summed E-state index contributed by atoms with van der Waals surface area (Å²) >= 11 is 1.73. The van der Waals surface area contributed by atoms with Gasteiger partial charge in [-0.3, -0.25) is 0 Å². The normalized spacial score (nSPS) is 11.0. The fourth-order valence-electron chi connectivity index (χ4n) is 2.45. The summed E-state index contributed by atoms with van der Waals surface area (Å²) in [5, 5.41) is 4.49. The number of anilines is 1. The molecule has 3 nitrogen and oxygen atoms in total. The van der Waals surface area contributed by atoms with Crippen molar-refractivity contribution in [3.8, 4) is 0 Å². The molecule has 0 fully saturated rings. The smallest absolute Gasteiger partial charge is 0.138 e. The molecule has 21 heavy (non-hydrogen) atoms. The zero-order valence-electron chi connectivity index (χ0n) is 12.6. The Labute approximate surface area is 129 Å². The maximum Gasteiger partial charge on any atom is 0.138 e. The summed E-state index contributed by atoms with van der Waals surface area (Å²) in [4.78, 5) is 11.8. The van der Waals surface area contributed by atoms with Crippen LogP contribution in [0.4, 0.5) is 5.82 Å². The fraction of sp³-hybridized carbons (Fsp3) is 0.294. The summed E-state index contributed by atoms with van der Waals surface area (Å²) in [6.07, 6.45) is 0.776. The zero-order valence-corrected chi connectivity index (χ0v) is 13.4. The number of benzene rings is 1. The van der Waals surface area contributed by atoms with Crippen LogP contribution in [0.25, 0.3) is 10.2 Å². The van der Waals surface area contributed by atoms with Gasteiger partial charge in [-0.1, -0.05) is 24.3 Å². The molecule has 2 heterocycles. The molecular weight excluding hydrogens is 278 g/mol. The van der Waals surface area contributed by atoms with E-state index in [1.54, 1.807) is 11.3 Å². The molecule has 0 spiro atoms. The van der Waals surface area contributed by atoms with E-state index in [1.807, 2.05) is 0 Å². The second kappa shape index (κ2) is 5.82. The monoisotopic (exact) mass is 297 g/mol. The first kappa shape index (κ1) is 14.0. The van der Waals surface area contributed by atoms with E-state index in [1.165, 1.54) is 16.0 Å². The second-order valence-electron chi connectivity index (χ2n) is 5.20. The number of rotatable bonds is 4. The van der Waals surface area contributed by atoms with E-state index in [2.05, 4.69) is 56.4 Å². The largest absolute Gasteiger partial charge is 0.370 e. The van der Waals surface area contributed by atoms with Crippen LogP contribution in [0.3, 0.4) is 0 Å². The number of nitrogens with one attached hydrogen (secondary N) is 1. The van der Waals surface area contributed by atoms with Crippen LogP contribution in [0.2, 0.25) is 0 Å². The number of aryl methyl sites for hydroxylation is 2. The van der Waals surface area contributed by atoms with Crippen LogP contribution < -0.4 is 5.32 Å². The Morgan fingerprint density at radius 3 is 2.71 bits per heavy atom. The van der Waals surface area contributed by atoms with Gasteiger partial charge >= 0.3 is 0 Å². The molecule has 0 bridgehead atoms. The minimum Gasteiger partial charge on any atom is -0.370 e. The first-order valence-corrected chi connectivity index (χ1v) is 8.04. The predicted octanol–water partition coefficient (Wildman–Crippen LogP) is 4.33. The molecule has 3 aromatic rings. The van der Waals surface area contributed by atoms with E-state index < -0.39 is 0 Å². The first-order valence-electron chi connectivity index (χ1n) is 7.23. The SMILES string of the molecule is CCNc1nc(Cc2ccccc2C)nc2sc(C)cc12. The summed E-state index contributed by atoms with van der Waals surface area (Å²) in [6, 6.07) is 10.6. The summed E-state index contributed by atoms with van der Waals surface area (Å²) in [6.45, 7) is 7.20. The highest BCUT2D eigenvalue weighted by Crippen LogP contribution is 2.29. The van der Waals surface area contributed by atoms with Crippen molar-refractivity contribution in [2.45, 2.75) is 27.2 Å². The molecule has 3 rings (SSSR count). The van der Waals surface area contributed by atoms with Gasteiger partial charge in [0.1, 0.15) is 16.5 Å². The van der Waals surface area contributed by atoms with Gasteiger partial charge in [0.15, 0.2) is 0 Å². The Hall–Kier alpha value is -1.94. The van der Waals surface area contributed by atoms with Gasteiger partial charge in [0.05, 0.1) is 5.39 Å². The van der Waals surface area contributed by atoms with E-state index in [0.29, 0.717) is 0 Å². The average Bonchev–Trinajstić information content (AvgIpc) is 2.82. The molecule has 0 aliphatic carbocycles. The lowest BCUT2D eigenvalue weighted by Gasteiger charge is -2.08. The van der Waals surface area contributed by atoms with E-state index in [9.17, 15) is 0 Å². The number of nitrogens with zero attached hydrogens (tertiary/aromatic N) is 2. The number of aromatic nitrogens is 2. The van der Waals surface area contributed by atoms with Gasteiger partial charge < -0.3 is 5.32 Å². The van der Waals surface area contributed by atoms with Gasteiger partial charge in [-0.25, -0.2) is 9.97 Å². The molecule has 0 unspecified atom stereocenters. The van der Waals surface area contributed by atoms with Crippen LogP contribution in [-0.4, -0.2) is 16.5 Å². The molecule has 0 aliphatic heterocycles. The van der Waals surface area contributed by atoms with Gasteiger partial charge in [0.25, 0.3) is 0 Å². The predicted molar refractivity (Wildman–Crippen MR) is 90.3 cm³/mol. The minimum atomic E-state index is 0.776. The Morgan fingerprint density at radius 1 is 1.14 bits per heavy atom. The molecule has 4 heteroatoms. The number of fused-ring (bicyclic) bond motifs is 1. The summed E-state index contributed by atoms with van der Waals surface area (Å²) < 4.78 is 0. The fourth-order valence-corrected chi connectivity index (χ4v) is 3.34. The standard InChI is InChI=1S/C17H19N3S/c1-4-18-16-14-9-12(3)21-17(14)20-15(19-16)10-13-8-6-5-7-11(13)2/h5-9H,4,10H2,1-3H3,(H,18,19,20). The van der Waals surface area contributed by atoms with E-state index in [-0.39, 0.29) is 0 Å². The molecule has 0 saturated heterocycles. The third-order valence-corrected chi connectivity index (χ3v) is 4.46. The highest BCUT2D eigenvalue weighted by Gasteiger charge is 2.11. The number of hydrogen-bond donors (Lipinski definition) is 1. The molecule has 1 N–H and O–H groups in total. The lowest BCUT2D eigenvalue weighted by Crippen LogP contribution is -2.05. The topological polar surface area (TPSA) is 37.8 Å². The Kier molecular flexibility index (Phi) is 3.88. The summed E-state index contributed by atoms with van der Waals surface area (Å²) in [5.74, 6) is 1.84. The lowest BCUT2D eigenvalue weighted by atomic mass is 10.1. The van der Waals surface area contributed by atoms with Gasteiger partial charge in [-0.2, -0.15) is 0 Å². The van der Waals surface area contributed by atoms with Gasteiger partial charge in [-0.15, -0.1) is 11.3 Å². The Bertz CT molecular complexity index is 777. The van der Waals surface area contributed by atoms with Crippen molar-refractivity contribution in [3.05, 3.63) is 52.2 Å². The van der Waals surface area contributed by atoms with E-state index >= 15 is 0 Å². The van der Waals surface area contributed by atoms with Crippen LogP contribution in [-0.2, 0) is 6.42 Å². The first-order chi connectivity index (χ1) is 10.2. The van der Waals surface area contributed by atoms with Crippen LogP contribution in [0, 0.1) is 13.8 Å². The number of thiophene rings is 1. The third-order valence-electron chi connectivity index (χ3n) is 3.52. The minimum absolute atomic E-state index is 0.776. The highest BCUT2D eigenvalue weighted by molar-refractivity contribution is 7.18. The van der Waals surface area contributed by atoms with Crippen molar-refractivity contribution < 1.29 is 0 Å². The van der Waals surface area contributed by atoms with Crippen molar-refractivity contribution in [1.29, 1.82) is 0 Å². The maximum atomic E-state index is 4.74. The van der Waals surface area contributed by atoms with E-state index in [0.717, 1.165) is 34.8 Å². The van der Waals surface area contributed by atoms with Crippen LogP contribution >= 0.6 is 11.3 Å². The van der Waals surface area contributed by atoms with Gasteiger partial charge in [0.2, 0.25) is 0 Å². The average molecular weight is 297 g/mol. The lowest BCUT2D eigenvalue weighted by molar-refractivity contribution is 0.982. The summed E-state index contributed by atoms with van der Waals surface area (Å²) in [5.41, 5.74) is 2.57. The molecule has 108 valence electrons. The molecule has 0 radical (unpaired) electrons. The molecule has 0 amide bonds.